The van der Waals surface area contributed by atoms with Crippen LogP contribution in [0.4, 0.5) is 5.69 Å². The van der Waals surface area contributed by atoms with Gasteiger partial charge in [0.1, 0.15) is 11.5 Å². The number of amides is 2. The maximum absolute atomic E-state index is 12.0. The van der Waals surface area contributed by atoms with Gasteiger partial charge in [-0.25, -0.2) is 5.43 Å². The maximum atomic E-state index is 12.0. The molecular formula is C25H25N3O4S. The Morgan fingerprint density at radius 1 is 0.909 bits per heavy atom. The molecule has 0 bridgehead atoms. The molecule has 0 unspecified atom stereocenters. The number of nitrogens with one attached hydrogen (secondary N) is 2. The smallest absolute Gasteiger partial charge is 0.262 e. The van der Waals surface area contributed by atoms with Crippen LogP contribution in [0, 0.1) is 0 Å². The number of benzene rings is 3. The molecule has 170 valence electrons. The van der Waals surface area contributed by atoms with Crippen molar-refractivity contribution in [3.8, 4) is 11.5 Å². The van der Waals surface area contributed by atoms with Gasteiger partial charge in [0, 0.05) is 22.8 Å². The summed E-state index contributed by atoms with van der Waals surface area (Å²) in [6, 6.07) is 24.0. The summed E-state index contributed by atoms with van der Waals surface area (Å²) in [5.74, 6) is 1.55. The Labute approximate surface area is 197 Å². The molecule has 7 nitrogen and oxygen atoms in total. The lowest BCUT2D eigenvalue weighted by Crippen LogP contribution is -2.20. The summed E-state index contributed by atoms with van der Waals surface area (Å²) in [5, 5.41) is 6.74. The molecule has 2 amide bonds. The van der Waals surface area contributed by atoms with Crippen molar-refractivity contribution in [1.29, 1.82) is 0 Å². The van der Waals surface area contributed by atoms with Gasteiger partial charge in [-0.05, 0) is 66.2 Å². The first-order valence-electron chi connectivity index (χ1n) is 10.3. The number of hydrogen-bond acceptors (Lipinski definition) is 6. The standard InChI is InChI=1S/C25H25N3O4S/c1-31-21-13-9-20(10-14-21)27-25(30)18-32-22-11-7-19(8-12-22)17-26-28-24(29)15-16-33-23-5-3-2-4-6-23/h2-14,17H,15-16,18H2,1H3,(H,27,30)(H,28,29)/b26-17-. The van der Waals surface area contributed by atoms with Crippen LogP contribution in [0.25, 0.3) is 0 Å². The van der Waals surface area contributed by atoms with E-state index in [0.29, 0.717) is 23.6 Å². The van der Waals surface area contributed by atoms with Crippen LogP contribution in [0.15, 0.2) is 88.9 Å². The van der Waals surface area contributed by atoms with E-state index in [9.17, 15) is 9.59 Å². The number of nitrogens with zero attached hydrogens (tertiary/aromatic N) is 1. The Hall–Kier alpha value is -3.78. The van der Waals surface area contributed by atoms with Crippen LogP contribution in [-0.2, 0) is 9.59 Å². The molecule has 0 saturated carbocycles. The molecule has 0 spiro atoms. The second-order valence-corrected chi connectivity index (χ2v) is 8.01. The summed E-state index contributed by atoms with van der Waals surface area (Å²) in [6.45, 7) is -0.115. The molecule has 0 radical (unpaired) electrons. The minimum atomic E-state index is -0.265. The highest BCUT2D eigenvalue weighted by molar-refractivity contribution is 7.99. The number of hydrazone groups is 1. The Balaban J connectivity index is 1.35. The van der Waals surface area contributed by atoms with Crippen molar-refractivity contribution in [2.75, 3.05) is 24.8 Å². The number of methoxy groups -OCH3 is 1. The number of anilines is 1. The van der Waals surface area contributed by atoms with Crippen molar-refractivity contribution in [1.82, 2.24) is 5.43 Å². The highest BCUT2D eigenvalue weighted by Crippen LogP contribution is 2.18. The molecule has 0 aliphatic rings. The number of hydrogen-bond donors (Lipinski definition) is 2. The highest BCUT2D eigenvalue weighted by atomic mass is 32.2. The normalized spacial score (nSPS) is 10.6. The lowest BCUT2D eigenvalue weighted by Gasteiger charge is -2.08. The Morgan fingerprint density at radius 2 is 1.61 bits per heavy atom. The molecule has 33 heavy (non-hydrogen) atoms. The van der Waals surface area contributed by atoms with Gasteiger partial charge in [0.05, 0.1) is 13.3 Å². The van der Waals surface area contributed by atoms with E-state index in [1.807, 2.05) is 30.3 Å². The van der Waals surface area contributed by atoms with E-state index in [2.05, 4.69) is 15.8 Å². The third kappa shape index (κ3) is 8.70. The molecule has 0 heterocycles. The number of rotatable bonds is 11. The molecule has 0 saturated heterocycles. The predicted molar refractivity (Wildman–Crippen MR) is 131 cm³/mol. The first-order chi connectivity index (χ1) is 16.1. The first-order valence-corrected chi connectivity index (χ1v) is 11.3. The van der Waals surface area contributed by atoms with E-state index in [4.69, 9.17) is 9.47 Å². The molecule has 2 N–H and O–H groups in total. The second kappa shape index (κ2) is 12.9. The summed E-state index contributed by atoms with van der Waals surface area (Å²) in [4.78, 5) is 25.1. The third-order valence-electron chi connectivity index (χ3n) is 4.37. The zero-order valence-electron chi connectivity index (χ0n) is 18.2. The molecule has 0 aliphatic heterocycles. The first kappa shape index (κ1) is 23.9. The molecular weight excluding hydrogens is 438 g/mol. The summed E-state index contributed by atoms with van der Waals surface area (Å²) < 4.78 is 10.6. The summed E-state index contributed by atoms with van der Waals surface area (Å²) >= 11 is 1.63. The van der Waals surface area contributed by atoms with E-state index in [-0.39, 0.29) is 18.4 Å². The molecule has 3 aromatic carbocycles. The lowest BCUT2D eigenvalue weighted by molar-refractivity contribution is -0.120. The number of carbonyl (C=O) groups excluding carboxylic acids is 2. The number of thioether (sulfide) groups is 1. The number of carbonyl (C=O) groups is 2. The van der Waals surface area contributed by atoms with Crippen LogP contribution in [0.2, 0.25) is 0 Å². The van der Waals surface area contributed by atoms with Crippen LogP contribution in [0.1, 0.15) is 12.0 Å². The minimum absolute atomic E-state index is 0.115. The molecule has 0 aliphatic carbocycles. The van der Waals surface area contributed by atoms with Gasteiger partial charge in [0.15, 0.2) is 6.61 Å². The molecule has 0 fully saturated rings. The molecule has 8 heteroatoms. The van der Waals surface area contributed by atoms with Gasteiger partial charge in [-0.3, -0.25) is 9.59 Å². The third-order valence-corrected chi connectivity index (χ3v) is 5.38. The van der Waals surface area contributed by atoms with Crippen LogP contribution in [0.3, 0.4) is 0 Å². The highest BCUT2D eigenvalue weighted by Gasteiger charge is 2.04. The minimum Gasteiger partial charge on any atom is -0.497 e. The maximum Gasteiger partial charge on any atom is 0.262 e. The summed E-state index contributed by atoms with van der Waals surface area (Å²) in [5.41, 5.74) is 3.99. The van der Waals surface area contributed by atoms with Crippen LogP contribution >= 0.6 is 11.8 Å². The van der Waals surface area contributed by atoms with Gasteiger partial charge in [0.2, 0.25) is 5.91 Å². The largest absolute Gasteiger partial charge is 0.497 e. The topological polar surface area (TPSA) is 89.0 Å². The van der Waals surface area contributed by atoms with Gasteiger partial charge in [-0.2, -0.15) is 5.10 Å². The second-order valence-electron chi connectivity index (χ2n) is 6.84. The summed E-state index contributed by atoms with van der Waals surface area (Å²) in [6.07, 6.45) is 1.94. The monoisotopic (exact) mass is 463 g/mol. The van der Waals surface area contributed by atoms with Crippen molar-refractivity contribution in [3.05, 3.63) is 84.4 Å². The summed E-state index contributed by atoms with van der Waals surface area (Å²) in [7, 11) is 1.59. The lowest BCUT2D eigenvalue weighted by atomic mass is 10.2. The van der Waals surface area contributed by atoms with Gasteiger partial charge in [0.25, 0.3) is 5.91 Å². The van der Waals surface area contributed by atoms with Gasteiger partial charge in [-0.15, -0.1) is 11.8 Å². The Bertz CT molecular complexity index is 1060. The average molecular weight is 464 g/mol. The van der Waals surface area contributed by atoms with E-state index >= 15 is 0 Å². The van der Waals surface area contributed by atoms with Crippen molar-refractivity contribution in [3.63, 3.8) is 0 Å². The Morgan fingerprint density at radius 3 is 2.30 bits per heavy atom. The van der Waals surface area contributed by atoms with E-state index in [0.717, 1.165) is 16.2 Å². The fourth-order valence-electron chi connectivity index (χ4n) is 2.68. The van der Waals surface area contributed by atoms with E-state index < -0.39 is 0 Å². The van der Waals surface area contributed by atoms with Gasteiger partial charge in [-0.1, -0.05) is 18.2 Å². The zero-order chi connectivity index (χ0) is 23.3. The molecule has 0 atom stereocenters. The number of ether oxygens (including phenoxy) is 2. The SMILES string of the molecule is COc1ccc(NC(=O)COc2ccc(/C=N\NC(=O)CCSc3ccccc3)cc2)cc1. The average Bonchev–Trinajstić information content (AvgIpc) is 2.85. The van der Waals surface area contributed by atoms with Crippen LogP contribution < -0.4 is 20.2 Å². The quantitative estimate of drug-likeness (QED) is 0.251. The fraction of sp³-hybridized carbons (Fsp3) is 0.160. The molecule has 3 aromatic rings. The van der Waals surface area contributed by atoms with Crippen molar-refractivity contribution in [2.24, 2.45) is 5.10 Å². The van der Waals surface area contributed by atoms with Crippen molar-refractivity contribution >= 4 is 35.5 Å². The van der Waals surface area contributed by atoms with Crippen LogP contribution in [0.5, 0.6) is 11.5 Å². The molecule has 0 aromatic heterocycles. The van der Waals surface area contributed by atoms with Gasteiger partial charge >= 0.3 is 0 Å². The van der Waals surface area contributed by atoms with Crippen molar-refractivity contribution < 1.29 is 19.1 Å². The van der Waals surface area contributed by atoms with E-state index in [1.165, 1.54) is 0 Å². The fourth-order valence-corrected chi connectivity index (χ4v) is 3.56. The van der Waals surface area contributed by atoms with Crippen molar-refractivity contribution in [2.45, 2.75) is 11.3 Å². The predicted octanol–water partition coefficient (Wildman–Crippen LogP) is 4.35. The van der Waals surface area contributed by atoms with Crippen LogP contribution in [-0.4, -0.2) is 37.5 Å². The Kier molecular flexibility index (Phi) is 9.35. The van der Waals surface area contributed by atoms with Gasteiger partial charge < -0.3 is 14.8 Å². The molecule has 3 rings (SSSR count). The zero-order valence-corrected chi connectivity index (χ0v) is 19.0. The van der Waals surface area contributed by atoms with E-state index in [1.54, 1.807) is 73.6 Å².